The van der Waals surface area contributed by atoms with E-state index in [1.54, 1.807) is 0 Å². The monoisotopic (exact) mass is 257 g/mol. The van der Waals surface area contributed by atoms with E-state index in [2.05, 4.69) is 15.5 Å². The van der Waals surface area contributed by atoms with Crippen LogP contribution in [0.1, 0.15) is 19.3 Å². The number of aliphatic hydroxyl groups excluding tert-OH is 1. The summed E-state index contributed by atoms with van der Waals surface area (Å²) >= 11 is 0. The first kappa shape index (κ1) is 13.1. The van der Waals surface area contributed by atoms with Crippen molar-refractivity contribution in [1.82, 2.24) is 15.5 Å². The van der Waals surface area contributed by atoms with Crippen LogP contribution < -0.4 is 10.6 Å². The summed E-state index contributed by atoms with van der Waals surface area (Å²) in [6, 6.07) is -1.30. The molecule has 2 heterocycles. The van der Waals surface area contributed by atoms with E-state index in [1.807, 2.05) is 0 Å². The number of aliphatic carboxylic acids is 1. The van der Waals surface area contributed by atoms with Gasteiger partial charge in [0.25, 0.3) is 0 Å². The van der Waals surface area contributed by atoms with Gasteiger partial charge >= 0.3 is 12.0 Å². The van der Waals surface area contributed by atoms with Gasteiger partial charge < -0.3 is 20.8 Å². The quantitative estimate of drug-likeness (QED) is 0.516. The molecule has 2 fully saturated rings. The van der Waals surface area contributed by atoms with E-state index in [9.17, 15) is 9.59 Å². The fraction of sp³-hybridized carbons (Fsp3) is 0.818. The molecular weight excluding hydrogens is 238 g/mol. The Hall–Kier alpha value is -1.34. The molecule has 0 spiro atoms. The zero-order chi connectivity index (χ0) is 13.1. The largest absolute Gasteiger partial charge is 0.480 e. The molecule has 2 aliphatic rings. The number of carbonyl (C=O) groups is 2. The van der Waals surface area contributed by atoms with E-state index in [-0.39, 0.29) is 6.04 Å². The van der Waals surface area contributed by atoms with Crippen molar-refractivity contribution in [3.63, 3.8) is 0 Å². The minimum absolute atomic E-state index is 0.0839. The van der Waals surface area contributed by atoms with Crippen molar-refractivity contribution in [1.29, 1.82) is 0 Å². The normalized spacial score (nSPS) is 28.7. The van der Waals surface area contributed by atoms with Crippen molar-refractivity contribution in [2.45, 2.75) is 37.4 Å². The maximum atomic E-state index is 11.6. The number of nitrogens with one attached hydrogen (secondary N) is 2. The van der Waals surface area contributed by atoms with Crippen LogP contribution in [0.5, 0.6) is 0 Å². The molecule has 2 rings (SSSR count). The highest BCUT2D eigenvalue weighted by atomic mass is 16.4. The van der Waals surface area contributed by atoms with Crippen LogP contribution in [0.25, 0.3) is 0 Å². The lowest BCUT2D eigenvalue weighted by atomic mass is 10.1. The van der Waals surface area contributed by atoms with Crippen LogP contribution >= 0.6 is 0 Å². The fourth-order valence-corrected chi connectivity index (χ4v) is 2.80. The molecule has 2 amide bonds. The molecule has 102 valence electrons. The Morgan fingerprint density at radius 2 is 2.11 bits per heavy atom. The lowest BCUT2D eigenvalue weighted by Crippen LogP contribution is -2.52. The Kier molecular flexibility index (Phi) is 4.03. The van der Waals surface area contributed by atoms with E-state index >= 15 is 0 Å². The second kappa shape index (κ2) is 5.53. The molecule has 2 saturated heterocycles. The molecule has 2 unspecified atom stereocenters. The number of hydrogen-bond acceptors (Lipinski definition) is 4. The van der Waals surface area contributed by atoms with E-state index in [0.717, 1.165) is 32.4 Å². The molecule has 2 aliphatic heterocycles. The van der Waals surface area contributed by atoms with Crippen LogP contribution in [-0.2, 0) is 4.79 Å². The molecule has 7 heteroatoms. The number of carboxylic acid groups (broad SMARTS) is 1. The van der Waals surface area contributed by atoms with E-state index in [0.29, 0.717) is 6.04 Å². The number of nitrogens with zero attached hydrogens (tertiary/aromatic N) is 1. The zero-order valence-corrected chi connectivity index (χ0v) is 10.1. The number of urea groups is 1. The van der Waals surface area contributed by atoms with Crippen molar-refractivity contribution >= 4 is 12.0 Å². The van der Waals surface area contributed by atoms with E-state index in [1.165, 1.54) is 0 Å². The topological polar surface area (TPSA) is 102 Å². The summed E-state index contributed by atoms with van der Waals surface area (Å²) in [5.41, 5.74) is 0. The van der Waals surface area contributed by atoms with Crippen molar-refractivity contribution < 1.29 is 19.8 Å². The minimum Gasteiger partial charge on any atom is -0.480 e. The Morgan fingerprint density at radius 3 is 2.78 bits per heavy atom. The molecule has 18 heavy (non-hydrogen) atoms. The second-order valence-corrected chi connectivity index (χ2v) is 4.83. The van der Waals surface area contributed by atoms with Gasteiger partial charge in [-0.25, -0.2) is 9.59 Å². The second-order valence-electron chi connectivity index (χ2n) is 4.83. The first-order chi connectivity index (χ1) is 8.61. The van der Waals surface area contributed by atoms with Crippen molar-refractivity contribution in [2.75, 3.05) is 19.7 Å². The Bertz CT molecular complexity index is 336. The van der Waals surface area contributed by atoms with Gasteiger partial charge in [0, 0.05) is 18.6 Å². The summed E-state index contributed by atoms with van der Waals surface area (Å²) in [5, 5.41) is 22.6. The highest BCUT2D eigenvalue weighted by molar-refractivity contribution is 5.82. The minimum atomic E-state index is -1.24. The van der Waals surface area contributed by atoms with Crippen LogP contribution in [0.3, 0.4) is 0 Å². The third-order valence-corrected chi connectivity index (χ3v) is 3.71. The predicted molar refractivity (Wildman–Crippen MR) is 63.2 cm³/mol. The maximum Gasteiger partial charge on any atom is 0.328 e. The average molecular weight is 257 g/mol. The van der Waals surface area contributed by atoms with Crippen LogP contribution in [-0.4, -0.2) is 64.9 Å². The summed E-state index contributed by atoms with van der Waals surface area (Å²) < 4.78 is 0. The Balaban J connectivity index is 1.82. The van der Waals surface area contributed by atoms with Gasteiger partial charge in [-0.1, -0.05) is 0 Å². The van der Waals surface area contributed by atoms with Gasteiger partial charge in [-0.05, 0) is 25.8 Å². The standard InChI is InChI=1S/C11H19N3O4/c15-6-8(10(16)17)13-11(18)12-7-3-5-14-4-1-2-9(7)14/h7-9,15H,1-6H2,(H,16,17)(H2,12,13,18)/t7?,8-,9?/m1/s1. The molecule has 7 nitrogen and oxygen atoms in total. The highest BCUT2D eigenvalue weighted by Gasteiger charge is 2.38. The zero-order valence-electron chi connectivity index (χ0n) is 10.1. The number of hydrogen-bond donors (Lipinski definition) is 4. The molecule has 0 saturated carbocycles. The molecule has 0 aliphatic carbocycles. The summed E-state index contributed by atoms with van der Waals surface area (Å²) in [6.07, 6.45) is 3.13. The lowest BCUT2D eigenvalue weighted by Gasteiger charge is -2.22. The lowest BCUT2D eigenvalue weighted by molar-refractivity contribution is -0.140. The molecule has 0 radical (unpaired) electrons. The number of fused-ring (bicyclic) bond motifs is 1. The summed E-state index contributed by atoms with van der Waals surface area (Å²) in [4.78, 5) is 24.7. The predicted octanol–water partition coefficient (Wildman–Crippen LogP) is -1.03. The summed E-state index contributed by atoms with van der Waals surface area (Å²) in [6.45, 7) is 1.46. The molecule has 0 bridgehead atoms. The number of carboxylic acids is 1. The van der Waals surface area contributed by atoms with Crippen LogP contribution in [0.2, 0.25) is 0 Å². The molecule has 0 aromatic carbocycles. The first-order valence-corrected chi connectivity index (χ1v) is 6.26. The molecule has 0 aromatic heterocycles. The van der Waals surface area contributed by atoms with Gasteiger partial charge in [0.1, 0.15) is 0 Å². The Labute approximate surface area is 105 Å². The third-order valence-electron chi connectivity index (χ3n) is 3.71. The number of amides is 2. The first-order valence-electron chi connectivity index (χ1n) is 6.26. The SMILES string of the molecule is O=C(NC1CCN2CCCC12)N[C@H](CO)C(=O)O. The third kappa shape index (κ3) is 2.73. The number of rotatable bonds is 4. The molecule has 0 aromatic rings. The molecule has 4 N–H and O–H groups in total. The van der Waals surface area contributed by atoms with Crippen molar-refractivity contribution in [3.8, 4) is 0 Å². The van der Waals surface area contributed by atoms with Gasteiger partial charge in [-0.2, -0.15) is 0 Å². The Morgan fingerprint density at radius 1 is 1.33 bits per heavy atom. The summed E-state index contributed by atoms with van der Waals surface area (Å²) in [7, 11) is 0. The van der Waals surface area contributed by atoms with E-state index in [4.69, 9.17) is 10.2 Å². The van der Waals surface area contributed by atoms with Crippen LogP contribution in [0, 0.1) is 0 Å². The molecule has 3 atom stereocenters. The number of carbonyl (C=O) groups excluding carboxylic acids is 1. The van der Waals surface area contributed by atoms with Crippen molar-refractivity contribution in [2.24, 2.45) is 0 Å². The van der Waals surface area contributed by atoms with Crippen molar-refractivity contribution in [3.05, 3.63) is 0 Å². The maximum absolute atomic E-state index is 11.6. The van der Waals surface area contributed by atoms with Crippen LogP contribution in [0.4, 0.5) is 4.79 Å². The number of aliphatic hydroxyl groups is 1. The summed E-state index contributed by atoms with van der Waals surface area (Å²) in [5.74, 6) is -1.23. The van der Waals surface area contributed by atoms with Gasteiger partial charge in [0.05, 0.1) is 6.61 Å². The van der Waals surface area contributed by atoms with Gasteiger partial charge in [-0.15, -0.1) is 0 Å². The highest BCUT2D eigenvalue weighted by Crippen LogP contribution is 2.27. The van der Waals surface area contributed by atoms with Gasteiger partial charge in [0.2, 0.25) is 0 Å². The van der Waals surface area contributed by atoms with Gasteiger partial charge in [-0.3, -0.25) is 4.90 Å². The van der Waals surface area contributed by atoms with Crippen LogP contribution in [0.15, 0.2) is 0 Å². The average Bonchev–Trinajstić information content (AvgIpc) is 2.90. The van der Waals surface area contributed by atoms with Gasteiger partial charge in [0.15, 0.2) is 6.04 Å². The smallest absolute Gasteiger partial charge is 0.328 e. The fourth-order valence-electron chi connectivity index (χ4n) is 2.80. The van der Waals surface area contributed by atoms with E-state index < -0.39 is 24.6 Å². The molecular formula is C11H19N3O4.